The number of hydrogen-bond donors (Lipinski definition) is 3. The second kappa shape index (κ2) is 4.53. The van der Waals surface area contributed by atoms with E-state index in [1.165, 1.54) is 0 Å². The molecule has 0 spiro atoms. The van der Waals surface area contributed by atoms with E-state index < -0.39 is 5.97 Å². The summed E-state index contributed by atoms with van der Waals surface area (Å²) in [6, 6.07) is 6.57. The molecule has 0 radical (unpaired) electrons. The van der Waals surface area contributed by atoms with Crippen molar-refractivity contribution in [3.8, 4) is 5.75 Å². The highest BCUT2D eigenvalue weighted by atomic mass is 16.4. The van der Waals surface area contributed by atoms with Crippen LogP contribution in [0, 0.1) is 5.92 Å². The van der Waals surface area contributed by atoms with E-state index in [1.54, 1.807) is 24.3 Å². The van der Waals surface area contributed by atoms with Crippen molar-refractivity contribution >= 4 is 5.97 Å². The van der Waals surface area contributed by atoms with Gasteiger partial charge in [-0.1, -0.05) is 12.1 Å². The van der Waals surface area contributed by atoms with E-state index in [0.717, 1.165) is 18.5 Å². The molecular weight excluding hydrogens is 206 g/mol. The molecular formula is C12H15NO3. The van der Waals surface area contributed by atoms with Gasteiger partial charge in [-0.3, -0.25) is 4.79 Å². The van der Waals surface area contributed by atoms with E-state index in [4.69, 9.17) is 5.11 Å². The minimum atomic E-state index is -0.759. The summed E-state index contributed by atoms with van der Waals surface area (Å²) in [5.74, 6) is -0.935. The van der Waals surface area contributed by atoms with E-state index in [0.29, 0.717) is 6.42 Å². The average molecular weight is 221 g/mol. The molecule has 1 heterocycles. The van der Waals surface area contributed by atoms with Gasteiger partial charge in [-0.05, 0) is 37.1 Å². The van der Waals surface area contributed by atoms with Gasteiger partial charge in [-0.2, -0.15) is 0 Å². The van der Waals surface area contributed by atoms with Crippen LogP contribution in [0.25, 0.3) is 0 Å². The molecule has 86 valence electrons. The van der Waals surface area contributed by atoms with Gasteiger partial charge in [0.2, 0.25) is 0 Å². The molecule has 0 aromatic heterocycles. The van der Waals surface area contributed by atoms with Gasteiger partial charge in [0.25, 0.3) is 0 Å². The van der Waals surface area contributed by atoms with Crippen LogP contribution >= 0.6 is 0 Å². The molecule has 2 rings (SSSR count). The fourth-order valence-electron chi connectivity index (χ4n) is 2.19. The zero-order chi connectivity index (χ0) is 11.5. The quantitative estimate of drug-likeness (QED) is 0.708. The summed E-state index contributed by atoms with van der Waals surface area (Å²) in [5.41, 5.74) is 0.921. The number of phenols is 1. The summed E-state index contributed by atoms with van der Waals surface area (Å²) in [4.78, 5) is 11.1. The normalized spacial score (nSPS) is 25.2. The van der Waals surface area contributed by atoms with Gasteiger partial charge >= 0.3 is 5.97 Å². The highest BCUT2D eigenvalue weighted by molar-refractivity contribution is 5.71. The summed E-state index contributed by atoms with van der Waals surface area (Å²) in [5, 5.41) is 21.6. The molecule has 0 saturated carbocycles. The molecule has 1 aromatic rings. The number of hydrogen-bond acceptors (Lipinski definition) is 3. The van der Waals surface area contributed by atoms with Crippen LogP contribution in [0.3, 0.4) is 0 Å². The maximum Gasteiger partial charge on any atom is 0.308 e. The van der Waals surface area contributed by atoms with E-state index in [2.05, 4.69) is 5.32 Å². The number of carbonyl (C=O) groups is 1. The number of aromatic hydroxyl groups is 1. The first-order valence-electron chi connectivity index (χ1n) is 5.43. The summed E-state index contributed by atoms with van der Waals surface area (Å²) in [7, 11) is 0. The van der Waals surface area contributed by atoms with Crippen LogP contribution in [0.1, 0.15) is 24.4 Å². The average Bonchev–Trinajstić information content (AvgIpc) is 2.30. The molecule has 4 nitrogen and oxygen atoms in total. The summed E-state index contributed by atoms with van der Waals surface area (Å²) < 4.78 is 0. The number of carboxylic acid groups (broad SMARTS) is 1. The summed E-state index contributed by atoms with van der Waals surface area (Å²) in [6.07, 6.45) is 1.60. The standard InChI is InChI=1S/C12H15NO3/c14-9-5-3-8(4-6-9)11-10(12(15)16)2-1-7-13-11/h3-6,10-11,13-14H,1-2,7H2,(H,15,16). The summed E-state index contributed by atoms with van der Waals surface area (Å²) in [6.45, 7) is 0.843. The minimum absolute atomic E-state index is 0.146. The molecule has 4 heteroatoms. The Labute approximate surface area is 93.9 Å². The molecule has 3 N–H and O–H groups in total. The lowest BCUT2D eigenvalue weighted by molar-refractivity contribution is -0.143. The van der Waals surface area contributed by atoms with Gasteiger partial charge in [-0.15, -0.1) is 0 Å². The van der Waals surface area contributed by atoms with Crippen LogP contribution in [0.2, 0.25) is 0 Å². The van der Waals surface area contributed by atoms with E-state index in [-0.39, 0.29) is 17.7 Å². The third-order valence-corrected chi connectivity index (χ3v) is 3.03. The second-order valence-electron chi connectivity index (χ2n) is 4.11. The van der Waals surface area contributed by atoms with Gasteiger partial charge in [0.1, 0.15) is 5.75 Å². The summed E-state index contributed by atoms with van der Waals surface area (Å²) >= 11 is 0. The zero-order valence-electron chi connectivity index (χ0n) is 8.89. The Morgan fingerprint density at radius 3 is 2.62 bits per heavy atom. The molecule has 1 aromatic carbocycles. The van der Waals surface area contributed by atoms with E-state index >= 15 is 0 Å². The lowest BCUT2D eigenvalue weighted by Gasteiger charge is -2.30. The first-order chi connectivity index (χ1) is 7.68. The first-order valence-corrected chi connectivity index (χ1v) is 5.43. The van der Waals surface area contributed by atoms with Crippen molar-refractivity contribution in [2.45, 2.75) is 18.9 Å². The molecule has 1 aliphatic heterocycles. The van der Waals surface area contributed by atoms with E-state index in [9.17, 15) is 9.90 Å². The van der Waals surface area contributed by atoms with Crippen LogP contribution in [0.15, 0.2) is 24.3 Å². The smallest absolute Gasteiger partial charge is 0.308 e. The molecule has 1 saturated heterocycles. The Balaban J connectivity index is 2.23. The molecule has 0 aliphatic carbocycles. The number of aliphatic carboxylic acids is 1. The second-order valence-corrected chi connectivity index (χ2v) is 4.11. The Morgan fingerprint density at radius 2 is 2.00 bits per heavy atom. The zero-order valence-corrected chi connectivity index (χ0v) is 8.89. The first kappa shape index (κ1) is 11.0. The van der Waals surface area contributed by atoms with Gasteiger partial charge in [0.15, 0.2) is 0 Å². The van der Waals surface area contributed by atoms with Crippen LogP contribution < -0.4 is 5.32 Å². The molecule has 2 atom stereocenters. The Kier molecular flexibility index (Phi) is 3.10. The lowest BCUT2D eigenvalue weighted by Crippen LogP contribution is -2.38. The van der Waals surface area contributed by atoms with Crippen LogP contribution in [0.4, 0.5) is 0 Å². The number of benzene rings is 1. The highest BCUT2D eigenvalue weighted by Gasteiger charge is 2.31. The topological polar surface area (TPSA) is 69.6 Å². The number of carboxylic acids is 1. The predicted octanol–water partition coefficient (Wildman–Crippen LogP) is 1.52. The highest BCUT2D eigenvalue weighted by Crippen LogP contribution is 2.30. The van der Waals surface area contributed by atoms with Crippen LogP contribution in [-0.4, -0.2) is 22.7 Å². The van der Waals surface area contributed by atoms with Crippen LogP contribution in [0.5, 0.6) is 5.75 Å². The van der Waals surface area contributed by atoms with Crippen molar-refractivity contribution in [1.82, 2.24) is 5.32 Å². The SMILES string of the molecule is O=C(O)C1CCCNC1c1ccc(O)cc1. The maximum atomic E-state index is 11.1. The molecule has 16 heavy (non-hydrogen) atoms. The van der Waals surface area contributed by atoms with Crippen molar-refractivity contribution in [3.05, 3.63) is 29.8 Å². The van der Waals surface area contributed by atoms with Crippen molar-refractivity contribution in [2.24, 2.45) is 5.92 Å². The molecule has 2 unspecified atom stereocenters. The molecule has 1 fully saturated rings. The van der Waals surface area contributed by atoms with Gasteiger partial charge in [0, 0.05) is 6.04 Å². The van der Waals surface area contributed by atoms with Crippen molar-refractivity contribution in [2.75, 3.05) is 6.54 Å². The number of nitrogens with one attached hydrogen (secondary N) is 1. The fraction of sp³-hybridized carbons (Fsp3) is 0.417. The molecule has 1 aliphatic rings. The predicted molar refractivity (Wildman–Crippen MR) is 59.2 cm³/mol. The number of piperidine rings is 1. The van der Waals surface area contributed by atoms with Gasteiger partial charge < -0.3 is 15.5 Å². The van der Waals surface area contributed by atoms with Crippen molar-refractivity contribution in [3.63, 3.8) is 0 Å². The number of phenolic OH excluding ortho intramolecular Hbond substituents is 1. The maximum absolute atomic E-state index is 11.1. The van der Waals surface area contributed by atoms with Gasteiger partial charge in [0.05, 0.1) is 5.92 Å². The Morgan fingerprint density at radius 1 is 1.31 bits per heavy atom. The van der Waals surface area contributed by atoms with Crippen molar-refractivity contribution in [1.29, 1.82) is 0 Å². The van der Waals surface area contributed by atoms with Gasteiger partial charge in [-0.25, -0.2) is 0 Å². The fourth-order valence-corrected chi connectivity index (χ4v) is 2.19. The Bertz CT molecular complexity index is 374. The van der Waals surface area contributed by atoms with Crippen molar-refractivity contribution < 1.29 is 15.0 Å². The Hall–Kier alpha value is -1.55. The lowest BCUT2D eigenvalue weighted by atomic mass is 9.86. The largest absolute Gasteiger partial charge is 0.508 e. The third kappa shape index (κ3) is 2.17. The molecule has 0 bridgehead atoms. The van der Waals surface area contributed by atoms with Crippen LogP contribution in [-0.2, 0) is 4.79 Å². The van der Waals surface area contributed by atoms with E-state index in [1.807, 2.05) is 0 Å². The number of rotatable bonds is 2. The monoisotopic (exact) mass is 221 g/mol. The minimum Gasteiger partial charge on any atom is -0.508 e. The third-order valence-electron chi connectivity index (χ3n) is 3.03. The molecule has 0 amide bonds.